The lowest BCUT2D eigenvalue weighted by molar-refractivity contribution is -0.117. The molecule has 0 fully saturated rings. The fourth-order valence-corrected chi connectivity index (χ4v) is 4.20. The Morgan fingerprint density at radius 3 is 2.85 bits per heavy atom. The molecule has 1 amide bonds. The average molecular weight is 370 g/mol. The second-order valence-electron chi connectivity index (χ2n) is 6.69. The second kappa shape index (κ2) is 7.30. The molecular weight excluding hydrogens is 348 g/mol. The number of amides is 1. The number of aryl methyl sites for hydroxylation is 1. The predicted molar refractivity (Wildman–Crippen MR) is 104 cm³/mol. The van der Waals surface area contributed by atoms with E-state index in [1.165, 1.54) is 17.7 Å². The Balaban J connectivity index is 1.93. The van der Waals surface area contributed by atoms with E-state index in [-0.39, 0.29) is 11.9 Å². The molecule has 1 aliphatic heterocycles. The number of hydrogen-bond acceptors (Lipinski definition) is 7. The van der Waals surface area contributed by atoms with Gasteiger partial charge in [-0.25, -0.2) is 9.97 Å². The van der Waals surface area contributed by atoms with Crippen molar-refractivity contribution >= 4 is 39.6 Å². The first-order chi connectivity index (χ1) is 12.4. The summed E-state index contributed by atoms with van der Waals surface area (Å²) in [6.07, 6.45) is 2.97. The third-order valence-electron chi connectivity index (χ3n) is 4.34. The maximum atomic E-state index is 12.4. The number of nitrogens with one attached hydrogen (secondary N) is 3. The number of thiophene rings is 1. The highest BCUT2D eigenvalue weighted by Crippen LogP contribution is 2.38. The minimum absolute atomic E-state index is 0.0961. The van der Waals surface area contributed by atoms with Crippen molar-refractivity contribution in [1.82, 2.24) is 9.97 Å². The van der Waals surface area contributed by atoms with E-state index in [4.69, 9.17) is 0 Å². The van der Waals surface area contributed by atoms with Crippen LogP contribution in [0, 0.1) is 24.2 Å². The molecular formula is C18H22N6OS. The van der Waals surface area contributed by atoms with Crippen molar-refractivity contribution in [2.75, 3.05) is 16.0 Å². The van der Waals surface area contributed by atoms with Gasteiger partial charge in [0.15, 0.2) is 11.6 Å². The first-order valence-electron chi connectivity index (χ1n) is 8.66. The van der Waals surface area contributed by atoms with E-state index >= 15 is 0 Å². The van der Waals surface area contributed by atoms with E-state index in [1.54, 1.807) is 0 Å². The van der Waals surface area contributed by atoms with Crippen LogP contribution in [-0.2, 0) is 11.2 Å². The van der Waals surface area contributed by atoms with Crippen LogP contribution in [0.2, 0.25) is 0 Å². The Bertz CT molecular complexity index is 883. The Labute approximate surface area is 156 Å². The molecule has 3 rings (SSSR count). The third-order valence-corrected chi connectivity index (χ3v) is 5.40. The number of nitrogens with zero attached hydrogens (tertiary/aromatic N) is 3. The molecule has 2 aromatic heterocycles. The summed E-state index contributed by atoms with van der Waals surface area (Å²) in [6, 6.07) is 1.97. The van der Waals surface area contributed by atoms with E-state index in [0.717, 1.165) is 28.3 Å². The highest BCUT2D eigenvalue weighted by atomic mass is 32.1. The molecule has 0 spiro atoms. The van der Waals surface area contributed by atoms with Crippen LogP contribution in [0.4, 0.5) is 22.3 Å². The van der Waals surface area contributed by atoms with Gasteiger partial charge in [0.05, 0.1) is 5.56 Å². The Kier molecular flexibility index (Phi) is 5.09. The van der Waals surface area contributed by atoms with Crippen LogP contribution in [0.25, 0.3) is 0 Å². The lowest BCUT2D eigenvalue weighted by Crippen LogP contribution is -2.40. The minimum Gasteiger partial charge on any atom is -0.356 e. The van der Waals surface area contributed by atoms with E-state index in [1.807, 2.05) is 13.8 Å². The van der Waals surface area contributed by atoms with E-state index in [0.29, 0.717) is 28.8 Å². The lowest BCUT2D eigenvalue weighted by atomic mass is 10.0. The van der Waals surface area contributed by atoms with Gasteiger partial charge in [0.2, 0.25) is 5.91 Å². The van der Waals surface area contributed by atoms with Gasteiger partial charge in [-0.2, -0.15) is 5.26 Å². The molecule has 0 bridgehead atoms. The summed E-state index contributed by atoms with van der Waals surface area (Å²) in [5.41, 5.74) is 2.20. The number of aromatic nitrogens is 2. The maximum absolute atomic E-state index is 12.4. The fraction of sp³-hybridized carbons (Fsp3) is 0.444. The van der Waals surface area contributed by atoms with Crippen LogP contribution in [0.1, 0.15) is 43.2 Å². The molecule has 8 heteroatoms. The number of anilines is 4. The molecule has 1 unspecified atom stereocenters. The van der Waals surface area contributed by atoms with Gasteiger partial charge < -0.3 is 16.0 Å². The quantitative estimate of drug-likeness (QED) is 0.740. The number of carbonyl (C=O) groups is 1. The summed E-state index contributed by atoms with van der Waals surface area (Å²) in [5, 5.41) is 19.6. The molecule has 0 aliphatic carbocycles. The summed E-state index contributed by atoms with van der Waals surface area (Å²) < 4.78 is 0. The number of hydrogen-bond donors (Lipinski definition) is 3. The van der Waals surface area contributed by atoms with Crippen molar-refractivity contribution in [1.29, 1.82) is 5.26 Å². The fourth-order valence-electron chi connectivity index (χ4n) is 3.10. The largest absolute Gasteiger partial charge is 0.356 e. The van der Waals surface area contributed by atoms with Crippen LogP contribution < -0.4 is 16.0 Å². The standard InChI is InChI=1S/C18H22N6OS/c1-5-11-10(4)26-18(12(11)7-19)24-16-14-15(20-8-21-16)22-13(6-9(2)3)17(25)23-14/h8-9,13H,5-6H2,1-4H3,(H,23,25)(H2,20,21,22,24). The molecule has 2 aromatic rings. The van der Waals surface area contributed by atoms with Crippen molar-refractivity contribution < 1.29 is 4.79 Å². The van der Waals surface area contributed by atoms with Crippen LogP contribution in [-0.4, -0.2) is 21.9 Å². The summed E-state index contributed by atoms with van der Waals surface area (Å²) in [4.78, 5) is 22.0. The minimum atomic E-state index is -0.310. The molecule has 136 valence electrons. The van der Waals surface area contributed by atoms with Crippen molar-refractivity contribution in [2.24, 2.45) is 5.92 Å². The van der Waals surface area contributed by atoms with Crippen LogP contribution in [0.15, 0.2) is 6.33 Å². The molecule has 26 heavy (non-hydrogen) atoms. The third kappa shape index (κ3) is 3.35. The van der Waals surface area contributed by atoms with E-state index < -0.39 is 0 Å². The molecule has 0 aromatic carbocycles. The smallest absolute Gasteiger partial charge is 0.247 e. The summed E-state index contributed by atoms with van der Waals surface area (Å²) in [5.74, 6) is 1.37. The van der Waals surface area contributed by atoms with Gasteiger partial charge in [-0.15, -0.1) is 11.3 Å². The summed E-state index contributed by atoms with van der Waals surface area (Å²) >= 11 is 1.52. The van der Waals surface area contributed by atoms with Crippen molar-refractivity contribution in [3.63, 3.8) is 0 Å². The summed E-state index contributed by atoms with van der Waals surface area (Å²) in [6.45, 7) is 8.19. The Hall–Kier alpha value is -2.66. The Morgan fingerprint density at radius 2 is 2.19 bits per heavy atom. The SMILES string of the molecule is CCc1c(C)sc(Nc2ncnc3c2NC(=O)C(CC(C)C)N3)c1C#N. The second-order valence-corrected chi connectivity index (χ2v) is 7.92. The molecule has 0 saturated carbocycles. The normalized spacial score (nSPS) is 15.8. The molecule has 0 saturated heterocycles. The van der Waals surface area contributed by atoms with Gasteiger partial charge >= 0.3 is 0 Å². The van der Waals surface area contributed by atoms with Gasteiger partial charge in [0, 0.05) is 4.88 Å². The molecule has 7 nitrogen and oxygen atoms in total. The van der Waals surface area contributed by atoms with E-state index in [2.05, 4.69) is 45.8 Å². The number of fused-ring (bicyclic) bond motifs is 1. The molecule has 0 radical (unpaired) electrons. The number of rotatable bonds is 5. The monoisotopic (exact) mass is 370 g/mol. The first-order valence-corrected chi connectivity index (χ1v) is 9.48. The zero-order valence-electron chi connectivity index (χ0n) is 15.3. The zero-order valence-corrected chi connectivity index (χ0v) is 16.1. The van der Waals surface area contributed by atoms with Gasteiger partial charge in [-0.05, 0) is 31.2 Å². The van der Waals surface area contributed by atoms with Gasteiger partial charge in [-0.1, -0.05) is 20.8 Å². The average Bonchev–Trinajstić information content (AvgIpc) is 2.90. The van der Waals surface area contributed by atoms with E-state index in [9.17, 15) is 10.1 Å². The Morgan fingerprint density at radius 1 is 1.42 bits per heavy atom. The van der Waals surface area contributed by atoms with Crippen LogP contribution >= 0.6 is 11.3 Å². The van der Waals surface area contributed by atoms with Crippen molar-refractivity contribution in [3.05, 3.63) is 22.3 Å². The first kappa shape index (κ1) is 18.1. The summed E-state index contributed by atoms with van der Waals surface area (Å²) in [7, 11) is 0. The van der Waals surface area contributed by atoms with Crippen molar-refractivity contribution in [3.8, 4) is 6.07 Å². The maximum Gasteiger partial charge on any atom is 0.247 e. The highest BCUT2D eigenvalue weighted by Gasteiger charge is 2.29. The van der Waals surface area contributed by atoms with Gasteiger partial charge in [0.25, 0.3) is 0 Å². The zero-order chi connectivity index (χ0) is 18.8. The van der Waals surface area contributed by atoms with Crippen LogP contribution in [0.3, 0.4) is 0 Å². The molecule has 3 heterocycles. The molecule has 3 N–H and O–H groups in total. The number of carbonyl (C=O) groups excluding carboxylic acids is 1. The lowest BCUT2D eigenvalue weighted by Gasteiger charge is -2.27. The molecule has 1 atom stereocenters. The topological polar surface area (TPSA) is 103 Å². The van der Waals surface area contributed by atoms with Gasteiger partial charge in [0.1, 0.15) is 29.1 Å². The predicted octanol–water partition coefficient (Wildman–Crippen LogP) is 3.80. The number of nitriles is 1. The highest BCUT2D eigenvalue weighted by molar-refractivity contribution is 7.16. The van der Waals surface area contributed by atoms with Crippen LogP contribution in [0.5, 0.6) is 0 Å². The van der Waals surface area contributed by atoms with Gasteiger partial charge in [-0.3, -0.25) is 4.79 Å². The molecule has 1 aliphatic rings. The van der Waals surface area contributed by atoms with Crippen molar-refractivity contribution in [2.45, 2.75) is 46.6 Å².